The summed E-state index contributed by atoms with van der Waals surface area (Å²) in [5.41, 5.74) is 1.01. The van der Waals surface area contributed by atoms with Crippen LogP contribution in [0, 0.1) is 0 Å². The van der Waals surface area contributed by atoms with Gasteiger partial charge in [-0.3, -0.25) is 4.98 Å². The SMILES string of the molecule is COc1ccnc(CNC2(C)CCNC2)c1OC. The van der Waals surface area contributed by atoms with Crippen LogP contribution in [0.5, 0.6) is 11.5 Å². The maximum atomic E-state index is 5.37. The van der Waals surface area contributed by atoms with Gasteiger partial charge >= 0.3 is 0 Å². The van der Waals surface area contributed by atoms with Crippen LogP contribution in [0.25, 0.3) is 0 Å². The molecule has 1 atom stereocenters. The van der Waals surface area contributed by atoms with E-state index in [1.807, 2.05) is 0 Å². The summed E-state index contributed by atoms with van der Waals surface area (Å²) in [5.74, 6) is 1.43. The Morgan fingerprint density at radius 1 is 1.44 bits per heavy atom. The standard InChI is InChI=1S/C13H21N3O2/c1-13(5-7-14-9-13)16-8-10-12(18-3)11(17-2)4-6-15-10/h4,6,14,16H,5,7-9H2,1-3H3. The molecule has 5 nitrogen and oxygen atoms in total. The van der Waals surface area contributed by atoms with Gasteiger partial charge in [-0.1, -0.05) is 0 Å². The third kappa shape index (κ3) is 2.73. The highest BCUT2D eigenvalue weighted by Crippen LogP contribution is 2.29. The first-order valence-electron chi connectivity index (χ1n) is 6.20. The number of nitrogens with zero attached hydrogens (tertiary/aromatic N) is 1. The molecule has 1 aliphatic heterocycles. The summed E-state index contributed by atoms with van der Waals surface area (Å²) >= 11 is 0. The van der Waals surface area contributed by atoms with Crippen molar-refractivity contribution < 1.29 is 9.47 Å². The van der Waals surface area contributed by atoms with Crippen LogP contribution in [0.2, 0.25) is 0 Å². The van der Waals surface area contributed by atoms with Gasteiger partial charge in [0.1, 0.15) is 0 Å². The molecule has 0 bridgehead atoms. The van der Waals surface area contributed by atoms with E-state index in [9.17, 15) is 0 Å². The number of hydrogen-bond acceptors (Lipinski definition) is 5. The first-order chi connectivity index (χ1) is 8.68. The topological polar surface area (TPSA) is 55.4 Å². The fourth-order valence-electron chi connectivity index (χ4n) is 2.24. The number of hydrogen-bond donors (Lipinski definition) is 2. The Morgan fingerprint density at radius 3 is 2.89 bits per heavy atom. The van der Waals surface area contributed by atoms with Crippen LogP contribution >= 0.6 is 0 Å². The predicted molar refractivity (Wildman–Crippen MR) is 70.1 cm³/mol. The van der Waals surface area contributed by atoms with E-state index in [1.54, 1.807) is 26.5 Å². The van der Waals surface area contributed by atoms with Crippen LogP contribution in [0.4, 0.5) is 0 Å². The molecule has 1 aromatic rings. The van der Waals surface area contributed by atoms with Crippen molar-refractivity contribution in [2.75, 3.05) is 27.3 Å². The van der Waals surface area contributed by atoms with Gasteiger partial charge in [-0.2, -0.15) is 0 Å². The summed E-state index contributed by atoms with van der Waals surface area (Å²) in [6, 6.07) is 1.81. The van der Waals surface area contributed by atoms with Crippen LogP contribution in [0.15, 0.2) is 12.3 Å². The quantitative estimate of drug-likeness (QED) is 0.815. The highest BCUT2D eigenvalue weighted by Gasteiger charge is 2.28. The minimum atomic E-state index is 0.135. The van der Waals surface area contributed by atoms with Crippen LogP contribution in [-0.2, 0) is 6.54 Å². The van der Waals surface area contributed by atoms with E-state index >= 15 is 0 Å². The minimum Gasteiger partial charge on any atom is -0.493 e. The lowest BCUT2D eigenvalue weighted by molar-refractivity contribution is 0.339. The zero-order valence-electron chi connectivity index (χ0n) is 11.2. The molecule has 0 radical (unpaired) electrons. The van der Waals surface area contributed by atoms with E-state index in [2.05, 4.69) is 22.5 Å². The Labute approximate surface area is 108 Å². The van der Waals surface area contributed by atoms with Crippen molar-refractivity contribution in [2.45, 2.75) is 25.4 Å². The predicted octanol–water partition coefficient (Wildman–Crippen LogP) is 0.940. The summed E-state index contributed by atoms with van der Waals surface area (Å²) in [6.07, 6.45) is 2.87. The molecule has 2 heterocycles. The maximum absolute atomic E-state index is 5.37. The second kappa shape index (κ2) is 5.54. The van der Waals surface area contributed by atoms with Crippen LogP contribution in [0.1, 0.15) is 19.0 Å². The molecule has 0 aromatic carbocycles. The molecule has 0 aliphatic carbocycles. The number of rotatable bonds is 5. The first kappa shape index (κ1) is 13.1. The zero-order chi connectivity index (χ0) is 13.0. The molecule has 2 rings (SSSR count). The number of ether oxygens (including phenoxy) is 2. The van der Waals surface area contributed by atoms with Gasteiger partial charge < -0.3 is 20.1 Å². The lowest BCUT2D eigenvalue weighted by Crippen LogP contribution is -2.43. The summed E-state index contributed by atoms with van der Waals surface area (Å²) in [7, 11) is 3.28. The smallest absolute Gasteiger partial charge is 0.183 e. The fraction of sp³-hybridized carbons (Fsp3) is 0.615. The van der Waals surface area contributed by atoms with Crippen molar-refractivity contribution in [3.05, 3.63) is 18.0 Å². The lowest BCUT2D eigenvalue weighted by Gasteiger charge is -2.24. The van der Waals surface area contributed by atoms with Crippen LogP contribution in [-0.4, -0.2) is 37.8 Å². The summed E-state index contributed by atoms with van der Waals surface area (Å²) in [4.78, 5) is 4.36. The largest absolute Gasteiger partial charge is 0.493 e. The van der Waals surface area contributed by atoms with Crippen molar-refractivity contribution in [2.24, 2.45) is 0 Å². The Kier molecular flexibility index (Phi) is 4.04. The molecule has 0 spiro atoms. The van der Waals surface area contributed by atoms with Gasteiger partial charge in [-0.05, 0) is 19.9 Å². The van der Waals surface area contributed by atoms with E-state index in [0.29, 0.717) is 12.3 Å². The van der Waals surface area contributed by atoms with Crippen molar-refractivity contribution in [3.63, 3.8) is 0 Å². The Morgan fingerprint density at radius 2 is 2.28 bits per heavy atom. The molecular weight excluding hydrogens is 230 g/mol. The molecule has 5 heteroatoms. The van der Waals surface area contributed by atoms with Gasteiger partial charge in [0.25, 0.3) is 0 Å². The monoisotopic (exact) mass is 251 g/mol. The Hall–Kier alpha value is -1.33. The molecule has 100 valence electrons. The minimum absolute atomic E-state index is 0.135. The number of nitrogens with one attached hydrogen (secondary N) is 2. The van der Waals surface area contributed by atoms with Gasteiger partial charge in [-0.15, -0.1) is 0 Å². The van der Waals surface area contributed by atoms with Crippen molar-refractivity contribution in [1.29, 1.82) is 0 Å². The van der Waals surface area contributed by atoms with Crippen molar-refractivity contribution in [1.82, 2.24) is 15.6 Å². The van der Waals surface area contributed by atoms with E-state index < -0.39 is 0 Å². The van der Waals surface area contributed by atoms with Crippen molar-refractivity contribution in [3.8, 4) is 11.5 Å². The summed E-state index contributed by atoms with van der Waals surface area (Å²) in [6.45, 7) is 4.95. The number of aromatic nitrogens is 1. The Balaban J connectivity index is 2.09. The molecule has 1 fully saturated rings. The number of methoxy groups -OCH3 is 2. The van der Waals surface area contributed by atoms with E-state index in [-0.39, 0.29) is 5.54 Å². The molecule has 1 unspecified atom stereocenters. The molecule has 0 saturated carbocycles. The average molecular weight is 251 g/mol. The first-order valence-corrected chi connectivity index (χ1v) is 6.20. The summed E-state index contributed by atoms with van der Waals surface area (Å²) in [5, 5.41) is 6.90. The average Bonchev–Trinajstić information content (AvgIpc) is 2.83. The van der Waals surface area contributed by atoms with Crippen LogP contribution < -0.4 is 20.1 Å². The molecule has 2 N–H and O–H groups in total. The lowest BCUT2D eigenvalue weighted by atomic mass is 10.0. The van der Waals surface area contributed by atoms with Gasteiger partial charge in [0.05, 0.1) is 19.9 Å². The van der Waals surface area contributed by atoms with E-state index in [4.69, 9.17) is 9.47 Å². The highest BCUT2D eigenvalue weighted by molar-refractivity contribution is 5.42. The molecule has 1 aromatic heterocycles. The third-order valence-corrected chi connectivity index (χ3v) is 3.42. The molecule has 1 aliphatic rings. The third-order valence-electron chi connectivity index (χ3n) is 3.42. The van der Waals surface area contributed by atoms with Gasteiger partial charge in [0.15, 0.2) is 11.5 Å². The zero-order valence-corrected chi connectivity index (χ0v) is 11.2. The molecule has 1 saturated heterocycles. The second-order valence-electron chi connectivity index (χ2n) is 4.83. The van der Waals surface area contributed by atoms with E-state index in [1.165, 1.54) is 0 Å². The van der Waals surface area contributed by atoms with Crippen LogP contribution in [0.3, 0.4) is 0 Å². The normalized spacial score (nSPS) is 23.1. The van der Waals surface area contributed by atoms with Gasteiger partial charge in [0.2, 0.25) is 0 Å². The maximum Gasteiger partial charge on any atom is 0.183 e. The van der Waals surface area contributed by atoms with E-state index in [0.717, 1.165) is 31.0 Å². The molecule has 18 heavy (non-hydrogen) atoms. The number of pyridine rings is 1. The van der Waals surface area contributed by atoms with Gasteiger partial charge in [0, 0.05) is 30.9 Å². The second-order valence-corrected chi connectivity index (χ2v) is 4.83. The highest BCUT2D eigenvalue weighted by atomic mass is 16.5. The van der Waals surface area contributed by atoms with Crippen molar-refractivity contribution >= 4 is 0 Å². The molecular formula is C13H21N3O2. The van der Waals surface area contributed by atoms with Gasteiger partial charge in [-0.25, -0.2) is 0 Å². The summed E-state index contributed by atoms with van der Waals surface area (Å²) < 4.78 is 10.6. The molecule has 0 amide bonds. The Bertz CT molecular complexity index is 403. The fourth-order valence-corrected chi connectivity index (χ4v) is 2.24.